The van der Waals surface area contributed by atoms with E-state index in [9.17, 15) is 4.79 Å². The number of nitrogens with one attached hydrogen (secondary N) is 1. The van der Waals surface area contributed by atoms with Crippen molar-refractivity contribution in [2.24, 2.45) is 11.8 Å². The number of methoxy groups -OCH3 is 1. The smallest absolute Gasteiger partial charge is 0.286 e. The molecule has 6 rings (SSSR count). The lowest BCUT2D eigenvalue weighted by atomic mass is 10.0. The number of halogens is 3. The van der Waals surface area contributed by atoms with Crippen LogP contribution in [-0.4, -0.2) is 40.9 Å². The van der Waals surface area contributed by atoms with Gasteiger partial charge in [0.05, 0.1) is 23.5 Å². The van der Waals surface area contributed by atoms with Crippen molar-refractivity contribution in [3.63, 3.8) is 0 Å². The molecule has 0 bridgehead atoms. The second-order valence-corrected chi connectivity index (χ2v) is 9.97. The van der Waals surface area contributed by atoms with Crippen LogP contribution in [0.15, 0.2) is 36.4 Å². The summed E-state index contributed by atoms with van der Waals surface area (Å²) >= 11 is 12.7. The van der Waals surface area contributed by atoms with Crippen molar-refractivity contribution in [1.82, 2.24) is 20.2 Å². The maximum Gasteiger partial charge on any atom is 0.286 e. The predicted octanol–water partition coefficient (Wildman–Crippen LogP) is 5.55. The Hall–Kier alpha value is -2.45. The average Bonchev–Trinajstić information content (AvgIpc) is 3.52. The quantitative estimate of drug-likeness (QED) is 0.475. The molecular weight excluding hydrogens is 511 g/mol. The van der Waals surface area contributed by atoms with Crippen LogP contribution in [0.4, 0.5) is 0 Å². The highest BCUT2D eigenvalue weighted by molar-refractivity contribution is 6.35. The number of hydrogen-bond acceptors (Lipinski definition) is 5. The molecule has 2 aliphatic heterocycles. The van der Waals surface area contributed by atoms with Crippen LogP contribution >= 0.6 is 35.6 Å². The average molecular weight is 536 g/mol. The number of amides is 1. The molecule has 1 N–H and O–H groups in total. The first-order valence-corrected chi connectivity index (χ1v) is 12.2. The fourth-order valence-electron chi connectivity index (χ4n) is 5.49. The first-order valence-electron chi connectivity index (χ1n) is 11.5. The standard InChI is InChI=1S/C25H24Cl2N4O3.ClH/c1-33-17-6-7-18-22(10-17)34-13-19-23(25(32)29-30-11-14-3-2-4-15(14)12-30)28-31(24(18)19)21-8-5-16(26)9-20(21)27;/h5-10,14-15H,2-4,11-13H2,1H3,(H,29,32);1H. The molecule has 2 unspecified atom stereocenters. The number of carbonyl (C=O) groups excluding carboxylic acids is 1. The lowest BCUT2D eigenvalue weighted by molar-refractivity contribution is 0.0806. The van der Waals surface area contributed by atoms with Crippen molar-refractivity contribution in [3.8, 4) is 28.4 Å². The van der Waals surface area contributed by atoms with E-state index in [0.717, 1.165) is 29.9 Å². The Morgan fingerprint density at radius 1 is 1.14 bits per heavy atom. The van der Waals surface area contributed by atoms with Gasteiger partial charge < -0.3 is 9.47 Å². The molecule has 0 radical (unpaired) electrons. The van der Waals surface area contributed by atoms with Crippen molar-refractivity contribution in [1.29, 1.82) is 0 Å². The number of benzene rings is 2. The van der Waals surface area contributed by atoms with Gasteiger partial charge in [-0.2, -0.15) is 5.10 Å². The Balaban J connectivity index is 0.00000253. The van der Waals surface area contributed by atoms with Crippen LogP contribution in [0, 0.1) is 11.8 Å². The molecule has 2 fully saturated rings. The number of aromatic nitrogens is 2. The van der Waals surface area contributed by atoms with E-state index in [2.05, 4.69) is 5.43 Å². The van der Waals surface area contributed by atoms with E-state index in [0.29, 0.717) is 44.8 Å². The zero-order valence-corrected chi connectivity index (χ0v) is 21.4. The van der Waals surface area contributed by atoms with Crippen molar-refractivity contribution in [2.45, 2.75) is 25.9 Å². The molecule has 184 valence electrons. The Morgan fingerprint density at radius 3 is 2.63 bits per heavy atom. The van der Waals surface area contributed by atoms with Crippen LogP contribution in [-0.2, 0) is 6.61 Å². The molecule has 1 aliphatic carbocycles. The molecule has 3 aliphatic rings. The highest BCUT2D eigenvalue weighted by Gasteiger charge is 2.38. The number of carbonyl (C=O) groups is 1. The summed E-state index contributed by atoms with van der Waals surface area (Å²) in [7, 11) is 1.61. The van der Waals surface area contributed by atoms with E-state index in [1.165, 1.54) is 19.3 Å². The van der Waals surface area contributed by atoms with Crippen LogP contribution in [0.3, 0.4) is 0 Å². The summed E-state index contributed by atoms with van der Waals surface area (Å²) in [6.07, 6.45) is 3.77. The Morgan fingerprint density at radius 2 is 1.91 bits per heavy atom. The fourth-order valence-corrected chi connectivity index (χ4v) is 5.98. The fraction of sp³-hybridized carbons (Fsp3) is 0.360. The van der Waals surface area contributed by atoms with Gasteiger partial charge in [0.15, 0.2) is 5.69 Å². The molecule has 7 nitrogen and oxygen atoms in total. The van der Waals surface area contributed by atoms with E-state index in [1.807, 2.05) is 23.2 Å². The zero-order chi connectivity index (χ0) is 23.4. The van der Waals surface area contributed by atoms with Crippen molar-refractivity contribution < 1.29 is 14.3 Å². The normalized spacial score (nSPS) is 20.3. The summed E-state index contributed by atoms with van der Waals surface area (Å²) in [6, 6.07) is 10.8. The summed E-state index contributed by atoms with van der Waals surface area (Å²) in [5, 5.41) is 7.76. The van der Waals surface area contributed by atoms with Crippen molar-refractivity contribution in [2.75, 3.05) is 20.2 Å². The summed E-state index contributed by atoms with van der Waals surface area (Å²) in [4.78, 5) is 13.4. The Kier molecular flexibility index (Phi) is 6.61. The van der Waals surface area contributed by atoms with Gasteiger partial charge in [0.2, 0.25) is 0 Å². The van der Waals surface area contributed by atoms with Gasteiger partial charge >= 0.3 is 0 Å². The van der Waals surface area contributed by atoms with Crippen LogP contribution < -0.4 is 14.9 Å². The third-order valence-electron chi connectivity index (χ3n) is 7.14. The largest absolute Gasteiger partial charge is 0.497 e. The highest BCUT2D eigenvalue weighted by Crippen LogP contribution is 2.43. The third kappa shape index (κ3) is 4.25. The number of ether oxygens (including phenoxy) is 2. The summed E-state index contributed by atoms with van der Waals surface area (Å²) < 4.78 is 13.1. The topological polar surface area (TPSA) is 68.6 Å². The van der Waals surface area contributed by atoms with Crippen LogP contribution in [0.1, 0.15) is 35.3 Å². The Labute approximate surface area is 219 Å². The van der Waals surface area contributed by atoms with Crippen LogP contribution in [0.5, 0.6) is 11.5 Å². The molecule has 3 aromatic rings. The maximum atomic E-state index is 13.4. The maximum absolute atomic E-state index is 13.4. The number of hydrogen-bond donors (Lipinski definition) is 1. The van der Waals surface area contributed by atoms with Gasteiger partial charge in [-0.05, 0) is 55.0 Å². The van der Waals surface area contributed by atoms with Gasteiger partial charge in [-0.15, -0.1) is 12.4 Å². The number of hydrazine groups is 1. The summed E-state index contributed by atoms with van der Waals surface area (Å²) in [6.45, 7) is 2.00. The second-order valence-electron chi connectivity index (χ2n) is 9.13. The van der Waals surface area contributed by atoms with E-state index >= 15 is 0 Å². The number of fused-ring (bicyclic) bond motifs is 4. The van der Waals surface area contributed by atoms with Gasteiger partial charge in [-0.1, -0.05) is 29.6 Å². The first-order chi connectivity index (χ1) is 16.5. The van der Waals surface area contributed by atoms with E-state index < -0.39 is 0 Å². The minimum atomic E-state index is -0.236. The lowest BCUT2D eigenvalue weighted by Gasteiger charge is -2.21. The molecule has 10 heteroatoms. The van der Waals surface area contributed by atoms with Gasteiger partial charge in [0, 0.05) is 35.3 Å². The molecule has 1 amide bonds. The van der Waals surface area contributed by atoms with E-state index in [4.69, 9.17) is 37.8 Å². The van der Waals surface area contributed by atoms with Crippen molar-refractivity contribution >= 4 is 41.5 Å². The third-order valence-corrected chi connectivity index (χ3v) is 7.68. The highest BCUT2D eigenvalue weighted by atomic mass is 35.5. The van der Waals surface area contributed by atoms with E-state index in [-0.39, 0.29) is 24.9 Å². The molecule has 2 aromatic carbocycles. The van der Waals surface area contributed by atoms with Crippen LogP contribution in [0.25, 0.3) is 16.9 Å². The monoisotopic (exact) mass is 534 g/mol. The summed E-state index contributed by atoms with van der Waals surface area (Å²) in [5.74, 6) is 2.46. The minimum Gasteiger partial charge on any atom is -0.497 e. The molecule has 0 spiro atoms. The van der Waals surface area contributed by atoms with Crippen LogP contribution in [0.2, 0.25) is 10.0 Å². The molecule has 3 heterocycles. The Bertz CT molecular complexity index is 1280. The molecule has 35 heavy (non-hydrogen) atoms. The molecule has 2 atom stereocenters. The number of nitrogens with zero attached hydrogens (tertiary/aromatic N) is 3. The van der Waals surface area contributed by atoms with Gasteiger partial charge in [0.1, 0.15) is 18.1 Å². The van der Waals surface area contributed by atoms with Gasteiger partial charge in [0.25, 0.3) is 5.91 Å². The molecule has 1 saturated heterocycles. The predicted molar refractivity (Wildman–Crippen MR) is 137 cm³/mol. The minimum absolute atomic E-state index is 0. The first kappa shape index (κ1) is 24.3. The second kappa shape index (κ2) is 9.54. The molecule has 1 saturated carbocycles. The molecule has 1 aromatic heterocycles. The number of rotatable bonds is 4. The van der Waals surface area contributed by atoms with E-state index in [1.54, 1.807) is 30.0 Å². The molecular formula is C25H25Cl3N4O3. The lowest BCUT2D eigenvalue weighted by Crippen LogP contribution is -2.41. The van der Waals surface area contributed by atoms with Gasteiger partial charge in [-0.3, -0.25) is 10.2 Å². The summed E-state index contributed by atoms with van der Waals surface area (Å²) in [5.41, 5.74) is 6.38. The SMILES string of the molecule is COc1ccc2c(c1)OCc1c(C(=O)NN3CC4CCCC4C3)nn(-c3ccc(Cl)cc3Cl)c1-2.Cl. The van der Waals surface area contributed by atoms with Gasteiger partial charge in [-0.25, -0.2) is 9.69 Å². The van der Waals surface area contributed by atoms with Crippen molar-refractivity contribution in [3.05, 3.63) is 57.7 Å². The zero-order valence-electron chi connectivity index (χ0n) is 19.1.